The second kappa shape index (κ2) is 11.6. The number of rotatable bonds is 9. The Bertz CT molecular complexity index is 1470. The molecule has 0 aliphatic carbocycles. The Balaban J connectivity index is 2.60. The number of allylic oxidation sites excluding steroid dienone is 6. The summed E-state index contributed by atoms with van der Waals surface area (Å²) in [7, 11) is 4.70. The summed E-state index contributed by atoms with van der Waals surface area (Å²) in [5, 5.41) is 11.9. The van der Waals surface area contributed by atoms with Crippen LogP contribution in [0.1, 0.15) is 58.2 Å². The van der Waals surface area contributed by atoms with Gasteiger partial charge in [-0.1, -0.05) is 34.9 Å². The van der Waals surface area contributed by atoms with E-state index in [4.69, 9.17) is 18.6 Å². The van der Waals surface area contributed by atoms with Gasteiger partial charge in [0.2, 0.25) is 5.43 Å². The highest BCUT2D eigenvalue weighted by Crippen LogP contribution is 2.44. The first-order valence-electron chi connectivity index (χ1n) is 12.4. The van der Waals surface area contributed by atoms with Crippen LogP contribution in [0.4, 0.5) is 0 Å². The number of phenols is 1. The summed E-state index contributed by atoms with van der Waals surface area (Å²) < 4.78 is 23.7. The fraction of sp³-hybridized carbons (Fsp3) is 0.387. The lowest BCUT2D eigenvalue weighted by molar-refractivity contribution is 0.350. The van der Waals surface area contributed by atoms with Crippen LogP contribution in [-0.4, -0.2) is 26.4 Å². The molecule has 0 saturated carbocycles. The molecule has 0 atom stereocenters. The lowest BCUT2D eigenvalue weighted by Gasteiger charge is -2.20. The van der Waals surface area contributed by atoms with E-state index in [1.807, 2.05) is 53.7 Å². The summed E-state index contributed by atoms with van der Waals surface area (Å²) >= 11 is 0. The molecule has 3 rings (SSSR count). The number of benzene rings is 2. The third-order valence-electron chi connectivity index (χ3n) is 6.32. The standard InChI is InChI=1S/C31H38O6/c1-17(2)10-13-20-23(34-7)16-24-26(27(20)32)28(33)25-21(14-11-18(3)4)30(35-8)31(36-9)22(29(25)37-24)15-12-19(5)6/h10-12,16,32H,13-15H2,1-9H3. The van der Waals surface area contributed by atoms with E-state index in [1.165, 1.54) is 7.11 Å². The number of fused-ring (bicyclic) bond motifs is 2. The minimum atomic E-state index is -0.314. The molecule has 0 radical (unpaired) electrons. The van der Waals surface area contributed by atoms with Crippen molar-refractivity contribution in [2.24, 2.45) is 0 Å². The smallest absolute Gasteiger partial charge is 0.204 e. The van der Waals surface area contributed by atoms with Crippen molar-refractivity contribution in [3.8, 4) is 23.0 Å². The van der Waals surface area contributed by atoms with E-state index in [0.717, 1.165) is 16.7 Å². The quantitative estimate of drug-likeness (QED) is 0.244. The van der Waals surface area contributed by atoms with Gasteiger partial charge in [-0.15, -0.1) is 0 Å². The lowest BCUT2D eigenvalue weighted by atomic mass is 9.94. The van der Waals surface area contributed by atoms with Crippen LogP contribution < -0.4 is 19.6 Å². The molecule has 6 nitrogen and oxygen atoms in total. The zero-order chi connectivity index (χ0) is 27.4. The lowest BCUT2D eigenvalue weighted by Crippen LogP contribution is -2.11. The summed E-state index contributed by atoms with van der Waals surface area (Å²) in [6, 6.07) is 1.68. The zero-order valence-electron chi connectivity index (χ0n) is 23.4. The van der Waals surface area contributed by atoms with Gasteiger partial charge in [-0.3, -0.25) is 4.79 Å². The van der Waals surface area contributed by atoms with Crippen LogP contribution in [0.5, 0.6) is 23.0 Å². The van der Waals surface area contributed by atoms with Crippen LogP contribution in [-0.2, 0) is 19.3 Å². The molecule has 37 heavy (non-hydrogen) atoms. The average Bonchev–Trinajstić information content (AvgIpc) is 2.84. The molecule has 2 aromatic carbocycles. The van der Waals surface area contributed by atoms with Crippen molar-refractivity contribution in [3.63, 3.8) is 0 Å². The number of aromatic hydroxyl groups is 1. The van der Waals surface area contributed by atoms with Crippen LogP contribution in [0.3, 0.4) is 0 Å². The van der Waals surface area contributed by atoms with Crippen molar-refractivity contribution in [1.82, 2.24) is 0 Å². The average molecular weight is 507 g/mol. The van der Waals surface area contributed by atoms with Crippen molar-refractivity contribution < 1.29 is 23.7 Å². The molecule has 198 valence electrons. The largest absolute Gasteiger partial charge is 0.507 e. The molecule has 0 aliphatic heterocycles. The molecule has 0 spiro atoms. The molecule has 1 aromatic heterocycles. The molecule has 0 bridgehead atoms. The highest BCUT2D eigenvalue weighted by Gasteiger charge is 2.27. The number of methoxy groups -OCH3 is 3. The first-order valence-corrected chi connectivity index (χ1v) is 12.4. The van der Waals surface area contributed by atoms with Gasteiger partial charge in [0.15, 0.2) is 11.5 Å². The molecule has 0 saturated heterocycles. The summed E-state index contributed by atoms with van der Waals surface area (Å²) in [6.45, 7) is 12.0. The van der Waals surface area contributed by atoms with Crippen molar-refractivity contribution in [2.45, 2.75) is 60.8 Å². The molecular weight excluding hydrogens is 468 g/mol. The molecule has 1 N–H and O–H groups in total. The molecule has 0 amide bonds. The van der Waals surface area contributed by atoms with Crippen molar-refractivity contribution in [3.05, 3.63) is 67.9 Å². The summed E-state index contributed by atoms with van der Waals surface area (Å²) in [6.07, 6.45) is 7.42. The van der Waals surface area contributed by atoms with E-state index in [1.54, 1.807) is 20.3 Å². The van der Waals surface area contributed by atoms with Gasteiger partial charge < -0.3 is 23.7 Å². The maximum atomic E-state index is 14.2. The van der Waals surface area contributed by atoms with Crippen molar-refractivity contribution in [1.29, 1.82) is 0 Å². The maximum Gasteiger partial charge on any atom is 0.204 e. The summed E-state index contributed by atoms with van der Waals surface area (Å²) in [5.74, 6) is 1.36. The van der Waals surface area contributed by atoms with Crippen LogP contribution in [0.15, 0.2) is 50.2 Å². The molecule has 0 unspecified atom stereocenters. The van der Waals surface area contributed by atoms with Gasteiger partial charge in [0, 0.05) is 22.8 Å². The summed E-state index contributed by atoms with van der Waals surface area (Å²) in [4.78, 5) is 14.2. The second-order valence-electron chi connectivity index (χ2n) is 9.89. The Morgan fingerprint density at radius 2 is 1.24 bits per heavy atom. The van der Waals surface area contributed by atoms with Crippen molar-refractivity contribution >= 4 is 21.9 Å². The van der Waals surface area contributed by atoms with Gasteiger partial charge in [0.25, 0.3) is 0 Å². The van der Waals surface area contributed by atoms with Gasteiger partial charge >= 0.3 is 0 Å². The number of hydrogen-bond donors (Lipinski definition) is 1. The highest BCUT2D eigenvalue weighted by molar-refractivity contribution is 5.99. The van der Waals surface area contributed by atoms with Crippen LogP contribution in [0, 0.1) is 0 Å². The fourth-order valence-electron chi connectivity index (χ4n) is 4.44. The molecule has 6 heteroatoms. The summed E-state index contributed by atoms with van der Waals surface area (Å²) in [5.41, 5.74) is 5.59. The van der Waals surface area contributed by atoms with E-state index in [0.29, 0.717) is 64.2 Å². The first kappa shape index (κ1) is 27.9. The molecule has 3 aromatic rings. The third kappa shape index (κ3) is 5.53. The predicted molar refractivity (Wildman–Crippen MR) is 151 cm³/mol. The van der Waals surface area contributed by atoms with E-state index in [2.05, 4.69) is 6.08 Å². The first-order chi connectivity index (χ1) is 17.5. The normalized spacial score (nSPS) is 10.8. The molecule has 0 fully saturated rings. The highest BCUT2D eigenvalue weighted by atomic mass is 16.5. The Hall–Kier alpha value is -3.67. The Kier molecular flexibility index (Phi) is 8.74. The van der Waals surface area contributed by atoms with E-state index in [-0.39, 0.29) is 22.1 Å². The zero-order valence-corrected chi connectivity index (χ0v) is 23.4. The Morgan fingerprint density at radius 1 is 0.757 bits per heavy atom. The minimum Gasteiger partial charge on any atom is -0.507 e. The molecule has 1 heterocycles. The monoisotopic (exact) mass is 506 g/mol. The second-order valence-corrected chi connectivity index (χ2v) is 9.89. The van der Waals surface area contributed by atoms with E-state index < -0.39 is 0 Å². The van der Waals surface area contributed by atoms with E-state index in [9.17, 15) is 9.90 Å². The number of ether oxygens (including phenoxy) is 3. The maximum absolute atomic E-state index is 14.2. The van der Waals surface area contributed by atoms with E-state index >= 15 is 0 Å². The number of phenolic OH excluding ortho intramolecular Hbond substituents is 1. The van der Waals surface area contributed by atoms with Crippen LogP contribution in [0.25, 0.3) is 21.9 Å². The van der Waals surface area contributed by atoms with Gasteiger partial charge in [-0.2, -0.15) is 0 Å². The third-order valence-corrected chi connectivity index (χ3v) is 6.32. The fourth-order valence-corrected chi connectivity index (χ4v) is 4.44. The van der Waals surface area contributed by atoms with Gasteiger partial charge in [-0.25, -0.2) is 0 Å². The minimum absolute atomic E-state index is 0.128. The SMILES string of the molecule is COc1cc2oc3c(CC=C(C)C)c(OC)c(OC)c(CC=C(C)C)c3c(=O)c2c(O)c1CC=C(C)C. The number of hydrogen-bond acceptors (Lipinski definition) is 6. The van der Waals surface area contributed by atoms with Crippen LogP contribution in [0.2, 0.25) is 0 Å². The predicted octanol–water partition coefficient (Wildman–Crippen LogP) is 7.20. The molecule has 0 aliphatic rings. The van der Waals surface area contributed by atoms with Crippen LogP contribution >= 0.6 is 0 Å². The van der Waals surface area contributed by atoms with Gasteiger partial charge in [0.1, 0.15) is 28.1 Å². The van der Waals surface area contributed by atoms with Crippen molar-refractivity contribution in [2.75, 3.05) is 21.3 Å². The van der Waals surface area contributed by atoms with Gasteiger partial charge in [0.05, 0.1) is 26.7 Å². The van der Waals surface area contributed by atoms with Gasteiger partial charge in [-0.05, 0) is 60.8 Å². The molecular formula is C31H38O6. The Morgan fingerprint density at radius 3 is 1.73 bits per heavy atom. The Labute approximate surface area is 218 Å². The topological polar surface area (TPSA) is 78.1 Å².